The van der Waals surface area contributed by atoms with Crippen LogP contribution in [0.15, 0.2) is 35.0 Å². The molecule has 0 unspecified atom stereocenters. The molecule has 0 radical (unpaired) electrons. The average Bonchev–Trinajstić information content (AvgIpc) is 2.92. The molecule has 2 fully saturated rings. The lowest BCUT2D eigenvalue weighted by Gasteiger charge is -2.19. The Morgan fingerprint density at radius 3 is 2.56 bits per heavy atom. The van der Waals surface area contributed by atoms with Gasteiger partial charge in [-0.15, -0.1) is 0 Å². The first-order valence-electron chi connectivity index (χ1n) is 9.34. The van der Waals surface area contributed by atoms with E-state index in [1.54, 1.807) is 11.0 Å². The van der Waals surface area contributed by atoms with E-state index < -0.39 is 0 Å². The van der Waals surface area contributed by atoms with Gasteiger partial charge in [0, 0.05) is 18.8 Å². The maximum absolute atomic E-state index is 12.6. The first-order valence-corrected chi connectivity index (χ1v) is 9.34. The number of carbonyl (C=O) groups is 1. The second kappa shape index (κ2) is 8.19. The number of aliphatic imine (C=N–C) groups is 1. The predicted molar refractivity (Wildman–Crippen MR) is 101 cm³/mol. The molecule has 0 aromatic heterocycles. The standard InChI is InChI=1S/C20H27N3O2/c1-3-21-16-12-10-15(11-13-16)14-18-19(24)23(4-2)20(25-18)22-17-8-6-5-7-9-17/h10-14,17,21H,3-9H2,1-2H3/b18-14+,22-20?. The molecule has 5 nitrogen and oxygen atoms in total. The van der Waals surface area contributed by atoms with E-state index in [0.29, 0.717) is 18.3 Å². The molecule has 0 spiro atoms. The van der Waals surface area contributed by atoms with Gasteiger partial charge in [0.05, 0.1) is 6.04 Å². The first-order chi connectivity index (χ1) is 12.2. The van der Waals surface area contributed by atoms with Crippen LogP contribution in [0.2, 0.25) is 0 Å². The largest absolute Gasteiger partial charge is 0.420 e. The van der Waals surface area contributed by atoms with Gasteiger partial charge >= 0.3 is 6.02 Å². The zero-order valence-corrected chi connectivity index (χ0v) is 15.1. The third-order valence-corrected chi connectivity index (χ3v) is 4.66. The lowest BCUT2D eigenvalue weighted by Crippen LogP contribution is -2.30. The van der Waals surface area contributed by atoms with Crippen molar-refractivity contribution in [1.82, 2.24) is 4.90 Å². The molecular formula is C20H27N3O2. The summed E-state index contributed by atoms with van der Waals surface area (Å²) in [6.07, 6.45) is 7.68. The number of nitrogens with one attached hydrogen (secondary N) is 1. The van der Waals surface area contributed by atoms with E-state index in [1.165, 1.54) is 19.3 Å². The molecule has 2 aliphatic rings. The summed E-state index contributed by atoms with van der Waals surface area (Å²) in [6.45, 7) is 5.47. The maximum atomic E-state index is 12.6. The molecule has 5 heteroatoms. The number of benzene rings is 1. The van der Waals surface area contributed by atoms with Crippen molar-refractivity contribution in [3.63, 3.8) is 0 Å². The van der Waals surface area contributed by atoms with Crippen LogP contribution in [0.25, 0.3) is 6.08 Å². The monoisotopic (exact) mass is 341 g/mol. The van der Waals surface area contributed by atoms with Gasteiger partial charge in [0.15, 0.2) is 5.76 Å². The van der Waals surface area contributed by atoms with E-state index in [4.69, 9.17) is 9.73 Å². The van der Waals surface area contributed by atoms with Crippen LogP contribution in [0.4, 0.5) is 5.69 Å². The van der Waals surface area contributed by atoms with Crippen LogP contribution in [0, 0.1) is 0 Å². The highest BCUT2D eigenvalue weighted by Crippen LogP contribution is 2.25. The van der Waals surface area contributed by atoms with Crippen LogP contribution in [-0.2, 0) is 9.53 Å². The summed E-state index contributed by atoms with van der Waals surface area (Å²) in [7, 11) is 0. The highest BCUT2D eigenvalue weighted by atomic mass is 16.5. The van der Waals surface area contributed by atoms with Crippen molar-refractivity contribution in [1.29, 1.82) is 0 Å². The number of amidine groups is 1. The normalized spacial score (nSPS) is 21.8. The summed E-state index contributed by atoms with van der Waals surface area (Å²) < 4.78 is 5.83. The number of rotatable bonds is 5. The van der Waals surface area contributed by atoms with Gasteiger partial charge < -0.3 is 10.1 Å². The van der Waals surface area contributed by atoms with E-state index in [2.05, 4.69) is 12.2 Å². The van der Waals surface area contributed by atoms with Crippen LogP contribution < -0.4 is 5.32 Å². The summed E-state index contributed by atoms with van der Waals surface area (Å²) in [4.78, 5) is 19.0. The Balaban J connectivity index is 1.77. The van der Waals surface area contributed by atoms with Gasteiger partial charge in [0.1, 0.15) is 0 Å². The van der Waals surface area contributed by atoms with Crippen molar-refractivity contribution in [3.8, 4) is 0 Å². The van der Waals surface area contributed by atoms with E-state index in [0.717, 1.165) is 30.6 Å². The molecule has 134 valence electrons. The highest BCUT2D eigenvalue weighted by molar-refractivity contribution is 6.11. The number of nitrogens with zero attached hydrogens (tertiary/aromatic N) is 2. The van der Waals surface area contributed by atoms with E-state index in [1.807, 2.05) is 31.2 Å². The van der Waals surface area contributed by atoms with Crippen molar-refractivity contribution in [2.24, 2.45) is 4.99 Å². The summed E-state index contributed by atoms with van der Waals surface area (Å²) >= 11 is 0. The number of hydrogen-bond donors (Lipinski definition) is 1. The number of carbonyl (C=O) groups excluding carboxylic acids is 1. The molecule has 1 aromatic carbocycles. The lowest BCUT2D eigenvalue weighted by atomic mass is 9.96. The first kappa shape index (κ1) is 17.5. The summed E-state index contributed by atoms with van der Waals surface area (Å²) in [5.74, 6) is 0.250. The zero-order chi connectivity index (χ0) is 17.6. The second-order valence-corrected chi connectivity index (χ2v) is 6.52. The molecule has 0 bridgehead atoms. The van der Waals surface area contributed by atoms with Crippen molar-refractivity contribution < 1.29 is 9.53 Å². The number of likely N-dealkylation sites (N-methyl/N-ethyl adjacent to an activating group) is 1. The lowest BCUT2D eigenvalue weighted by molar-refractivity contribution is -0.122. The fourth-order valence-electron chi connectivity index (χ4n) is 3.30. The predicted octanol–water partition coefficient (Wildman–Crippen LogP) is 4.03. The molecular weight excluding hydrogens is 314 g/mol. The number of amides is 1. The minimum Gasteiger partial charge on any atom is -0.420 e. The van der Waals surface area contributed by atoms with Gasteiger partial charge in [-0.2, -0.15) is 0 Å². The Morgan fingerprint density at radius 1 is 1.20 bits per heavy atom. The molecule has 1 saturated carbocycles. The van der Waals surface area contributed by atoms with Crippen LogP contribution in [0.5, 0.6) is 0 Å². The van der Waals surface area contributed by atoms with Gasteiger partial charge in [-0.05, 0) is 50.5 Å². The SMILES string of the molecule is CCNc1ccc(/C=C2/OC(=NC3CCCCC3)N(CC)C2=O)cc1. The summed E-state index contributed by atoms with van der Waals surface area (Å²) in [6, 6.07) is 8.72. The maximum Gasteiger partial charge on any atom is 0.300 e. The second-order valence-electron chi connectivity index (χ2n) is 6.52. The van der Waals surface area contributed by atoms with Crippen molar-refractivity contribution in [3.05, 3.63) is 35.6 Å². The number of hydrogen-bond acceptors (Lipinski definition) is 4. The summed E-state index contributed by atoms with van der Waals surface area (Å²) in [5, 5.41) is 3.26. The Hall–Kier alpha value is -2.30. The Labute approximate surface area is 149 Å². The third kappa shape index (κ3) is 4.21. The minimum absolute atomic E-state index is 0.104. The van der Waals surface area contributed by atoms with E-state index in [-0.39, 0.29) is 11.9 Å². The Morgan fingerprint density at radius 2 is 1.92 bits per heavy atom. The Kier molecular flexibility index (Phi) is 5.74. The number of anilines is 1. The van der Waals surface area contributed by atoms with Crippen molar-refractivity contribution >= 4 is 23.7 Å². The smallest absolute Gasteiger partial charge is 0.300 e. The molecule has 25 heavy (non-hydrogen) atoms. The molecule has 1 amide bonds. The topological polar surface area (TPSA) is 53.9 Å². The van der Waals surface area contributed by atoms with E-state index in [9.17, 15) is 4.79 Å². The van der Waals surface area contributed by atoms with Gasteiger partial charge in [-0.3, -0.25) is 9.69 Å². The van der Waals surface area contributed by atoms with E-state index >= 15 is 0 Å². The van der Waals surface area contributed by atoms with Crippen LogP contribution >= 0.6 is 0 Å². The fraction of sp³-hybridized carbons (Fsp3) is 0.500. The molecule has 1 aliphatic heterocycles. The van der Waals surface area contributed by atoms with Gasteiger partial charge in [0.25, 0.3) is 5.91 Å². The van der Waals surface area contributed by atoms with Crippen LogP contribution in [-0.4, -0.2) is 36.0 Å². The van der Waals surface area contributed by atoms with Crippen LogP contribution in [0.1, 0.15) is 51.5 Å². The highest BCUT2D eigenvalue weighted by Gasteiger charge is 2.34. The molecule has 1 aliphatic carbocycles. The van der Waals surface area contributed by atoms with Crippen molar-refractivity contribution in [2.45, 2.75) is 52.0 Å². The van der Waals surface area contributed by atoms with Gasteiger partial charge in [0.2, 0.25) is 0 Å². The van der Waals surface area contributed by atoms with Gasteiger partial charge in [-0.25, -0.2) is 4.99 Å². The third-order valence-electron chi connectivity index (χ3n) is 4.66. The van der Waals surface area contributed by atoms with Gasteiger partial charge in [-0.1, -0.05) is 31.4 Å². The fourth-order valence-corrected chi connectivity index (χ4v) is 3.30. The molecule has 1 saturated heterocycles. The van der Waals surface area contributed by atoms with Crippen LogP contribution in [0.3, 0.4) is 0 Å². The molecule has 3 rings (SSSR count). The minimum atomic E-state index is -0.104. The molecule has 0 atom stereocenters. The summed E-state index contributed by atoms with van der Waals surface area (Å²) in [5.41, 5.74) is 2.01. The Bertz CT molecular complexity index is 658. The van der Waals surface area contributed by atoms with Crippen molar-refractivity contribution in [2.75, 3.05) is 18.4 Å². The molecule has 1 heterocycles. The average molecular weight is 341 g/mol. The molecule has 1 aromatic rings. The quantitative estimate of drug-likeness (QED) is 0.823. The zero-order valence-electron chi connectivity index (χ0n) is 15.1. The molecule has 1 N–H and O–H groups in total. The number of ether oxygens (including phenoxy) is 1.